The van der Waals surface area contributed by atoms with Gasteiger partial charge in [-0.25, -0.2) is 0 Å². The van der Waals surface area contributed by atoms with Gasteiger partial charge in [-0.05, 0) is 28.1 Å². The average Bonchev–Trinajstić information content (AvgIpc) is 2.71. The number of nitriles is 1. The molecular formula is C8H4BrN3OS. The minimum absolute atomic E-state index is 0.0621. The molecule has 0 aliphatic rings. The van der Waals surface area contributed by atoms with Crippen molar-refractivity contribution in [2.45, 2.75) is 0 Å². The van der Waals surface area contributed by atoms with Gasteiger partial charge in [0.05, 0.1) is 8.66 Å². The molecule has 0 amide bonds. The van der Waals surface area contributed by atoms with Crippen LogP contribution in [0, 0.1) is 11.3 Å². The normalized spacial score (nSPS) is 10.0. The number of nitrogens with two attached hydrogens (primary N) is 1. The van der Waals surface area contributed by atoms with E-state index in [1.54, 1.807) is 0 Å². The zero-order chi connectivity index (χ0) is 10.1. The highest BCUT2D eigenvalue weighted by Crippen LogP contribution is 2.33. The minimum atomic E-state index is 0.0621. The Kier molecular flexibility index (Phi) is 2.27. The maximum Gasteiger partial charge on any atom is 0.240 e. The summed E-state index contributed by atoms with van der Waals surface area (Å²) >= 11 is 4.80. The molecule has 2 aromatic rings. The SMILES string of the molecule is N#Cc1c(-c2ccc(Br)s2)noc1N. The molecule has 2 heterocycles. The van der Waals surface area contributed by atoms with Gasteiger partial charge in [0.1, 0.15) is 17.3 Å². The Morgan fingerprint density at radius 2 is 2.36 bits per heavy atom. The molecule has 0 fully saturated rings. The van der Waals surface area contributed by atoms with E-state index in [4.69, 9.17) is 15.5 Å². The first kappa shape index (κ1) is 9.24. The lowest BCUT2D eigenvalue weighted by Crippen LogP contribution is -1.84. The first-order valence-corrected chi connectivity index (χ1v) is 5.24. The van der Waals surface area contributed by atoms with Crippen molar-refractivity contribution in [2.75, 3.05) is 5.73 Å². The molecule has 6 heteroatoms. The van der Waals surface area contributed by atoms with Crippen molar-refractivity contribution in [1.82, 2.24) is 5.16 Å². The predicted octanol–water partition coefficient (Wildman–Crippen LogP) is 2.62. The Morgan fingerprint density at radius 3 is 2.93 bits per heavy atom. The van der Waals surface area contributed by atoms with Crippen LogP contribution in [0.25, 0.3) is 10.6 Å². The zero-order valence-corrected chi connectivity index (χ0v) is 9.22. The standard InChI is InChI=1S/C8H4BrN3OS/c9-6-2-1-5(14-6)7-4(3-10)8(11)13-12-7/h1-2H,11H2. The van der Waals surface area contributed by atoms with Gasteiger partial charge in [0.15, 0.2) is 0 Å². The van der Waals surface area contributed by atoms with Gasteiger partial charge in [-0.15, -0.1) is 11.3 Å². The number of anilines is 1. The van der Waals surface area contributed by atoms with Crippen molar-refractivity contribution in [3.05, 3.63) is 21.5 Å². The van der Waals surface area contributed by atoms with E-state index in [1.807, 2.05) is 18.2 Å². The van der Waals surface area contributed by atoms with Crippen molar-refractivity contribution < 1.29 is 4.52 Å². The monoisotopic (exact) mass is 269 g/mol. The van der Waals surface area contributed by atoms with E-state index in [2.05, 4.69) is 21.1 Å². The van der Waals surface area contributed by atoms with E-state index in [-0.39, 0.29) is 5.88 Å². The number of thiophene rings is 1. The van der Waals surface area contributed by atoms with Gasteiger partial charge in [0.25, 0.3) is 0 Å². The molecule has 70 valence electrons. The molecule has 2 aromatic heterocycles. The number of rotatable bonds is 1. The number of aromatic nitrogens is 1. The van der Waals surface area contributed by atoms with E-state index < -0.39 is 0 Å². The summed E-state index contributed by atoms with van der Waals surface area (Å²) in [7, 11) is 0. The summed E-state index contributed by atoms with van der Waals surface area (Å²) in [5, 5.41) is 12.6. The topological polar surface area (TPSA) is 75.8 Å². The van der Waals surface area contributed by atoms with Crippen molar-refractivity contribution in [3.63, 3.8) is 0 Å². The maximum atomic E-state index is 8.82. The molecule has 0 saturated heterocycles. The summed E-state index contributed by atoms with van der Waals surface area (Å²) in [4.78, 5) is 0.855. The zero-order valence-electron chi connectivity index (χ0n) is 6.82. The van der Waals surface area contributed by atoms with Crippen LogP contribution < -0.4 is 5.73 Å². The third-order valence-corrected chi connectivity index (χ3v) is 3.27. The van der Waals surface area contributed by atoms with Crippen LogP contribution >= 0.6 is 27.3 Å². The van der Waals surface area contributed by atoms with Crippen LogP contribution in [0.3, 0.4) is 0 Å². The van der Waals surface area contributed by atoms with Crippen LogP contribution in [0.5, 0.6) is 0 Å². The molecular weight excluding hydrogens is 266 g/mol. The quantitative estimate of drug-likeness (QED) is 0.864. The molecule has 0 radical (unpaired) electrons. The highest BCUT2D eigenvalue weighted by atomic mass is 79.9. The second kappa shape index (κ2) is 3.44. The minimum Gasteiger partial charge on any atom is -0.366 e. The van der Waals surface area contributed by atoms with Crippen LogP contribution in [-0.4, -0.2) is 5.16 Å². The predicted molar refractivity (Wildman–Crippen MR) is 56.6 cm³/mol. The molecule has 0 saturated carbocycles. The van der Waals surface area contributed by atoms with Gasteiger partial charge < -0.3 is 10.3 Å². The Bertz CT molecular complexity index is 511. The lowest BCUT2D eigenvalue weighted by atomic mass is 10.2. The molecule has 2 N–H and O–H groups in total. The molecule has 0 bridgehead atoms. The molecule has 0 unspecified atom stereocenters. The largest absolute Gasteiger partial charge is 0.366 e. The number of nitrogen functional groups attached to an aromatic ring is 1. The van der Waals surface area contributed by atoms with Gasteiger partial charge >= 0.3 is 0 Å². The van der Waals surface area contributed by atoms with E-state index in [0.29, 0.717) is 11.3 Å². The highest BCUT2D eigenvalue weighted by molar-refractivity contribution is 9.11. The second-order valence-electron chi connectivity index (χ2n) is 2.49. The van der Waals surface area contributed by atoms with Crippen LogP contribution in [0.2, 0.25) is 0 Å². The molecule has 14 heavy (non-hydrogen) atoms. The summed E-state index contributed by atoms with van der Waals surface area (Å²) in [5.41, 5.74) is 6.23. The molecule has 0 aliphatic carbocycles. The van der Waals surface area contributed by atoms with E-state index >= 15 is 0 Å². The molecule has 0 spiro atoms. The van der Waals surface area contributed by atoms with Crippen LogP contribution in [0.4, 0.5) is 5.88 Å². The summed E-state index contributed by atoms with van der Waals surface area (Å²) in [5.74, 6) is 0.0621. The fourth-order valence-electron chi connectivity index (χ4n) is 1.02. The van der Waals surface area contributed by atoms with Crippen LogP contribution in [0.1, 0.15) is 5.56 Å². The fourth-order valence-corrected chi connectivity index (χ4v) is 2.39. The highest BCUT2D eigenvalue weighted by Gasteiger charge is 2.16. The number of nitrogens with zero attached hydrogens (tertiary/aromatic N) is 2. The Morgan fingerprint density at radius 1 is 1.57 bits per heavy atom. The Hall–Kier alpha value is -1.32. The molecule has 0 aromatic carbocycles. The third-order valence-electron chi connectivity index (χ3n) is 1.64. The summed E-state index contributed by atoms with van der Waals surface area (Å²) in [6.45, 7) is 0. The summed E-state index contributed by atoms with van der Waals surface area (Å²) < 4.78 is 5.72. The molecule has 4 nitrogen and oxygen atoms in total. The lowest BCUT2D eigenvalue weighted by Gasteiger charge is -1.87. The van der Waals surface area contributed by atoms with Gasteiger partial charge in [0.2, 0.25) is 5.88 Å². The van der Waals surface area contributed by atoms with Crippen molar-refractivity contribution >= 4 is 33.2 Å². The number of hydrogen-bond acceptors (Lipinski definition) is 5. The first-order valence-electron chi connectivity index (χ1n) is 3.63. The second-order valence-corrected chi connectivity index (χ2v) is 4.95. The molecule has 2 rings (SSSR count). The first-order chi connectivity index (χ1) is 6.72. The van der Waals surface area contributed by atoms with Gasteiger partial charge in [0, 0.05) is 0 Å². The summed E-state index contributed by atoms with van der Waals surface area (Å²) in [6, 6.07) is 5.70. The van der Waals surface area contributed by atoms with E-state index in [0.717, 1.165) is 8.66 Å². The fraction of sp³-hybridized carbons (Fsp3) is 0. The molecule has 0 atom stereocenters. The number of hydrogen-bond donors (Lipinski definition) is 1. The maximum absolute atomic E-state index is 8.82. The lowest BCUT2D eigenvalue weighted by molar-refractivity contribution is 0.439. The van der Waals surface area contributed by atoms with Crippen LogP contribution in [0.15, 0.2) is 20.4 Å². The van der Waals surface area contributed by atoms with Crippen molar-refractivity contribution in [1.29, 1.82) is 5.26 Å². The number of halogens is 1. The van der Waals surface area contributed by atoms with Crippen LogP contribution in [-0.2, 0) is 0 Å². The van der Waals surface area contributed by atoms with Crippen molar-refractivity contribution in [2.24, 2.45) is 0 Å². The van der Waals surface area contributed by atoms with Gasteiger partial charge in [-0.2, -0.15) is 5.26 Å². The van der Waals surface area contributed by atoms with Gasteiger partial charge in [-0.1, -0.05) is 5.16 Å². The Labute approximate surface area is 92.1 Å². The van der Waals surface area contributed by atoms with Crippen molar-refractivity contribution in [3.8, 4) is 16.6 Å². The average molecular weight is 270 g/mol. The van der Waals surface area contributed by atoms with E-state index in [1.165, 1.54) is 11.3 Å². The summed E-state index contributed by atoms with van der Waals surface area (Å²) in [6.07, 6.45) is 0. The smallest absolute Gasteiger partial charge is 0.240 e. The Balaban J connectivity index is 2.58. The third kappa shape index (κ3) is 1.41. The van der Waals surface area contributed by atoms with Gasteiger partial charge in [-0.3, -0.25) is 0 Å². The molecule has 0 aliphatic heterocycles. The van der Waals surface area contributed by atoms with E-state index in [9.17, 15) is 0 Å².